The molecule has 2 aromatic rings. The first-order valence-electron chi connectivity index (χ1n) is 6.74. The molecule has 0 aliphatic rings. The van der Waals surface area contributed by atoms with Crippen molar-refractivity contribution in [3.63, 3.8) is 0 Å². The van der Waals surface area contributed by atoms with E-state index in [1.165, 1.54) is 19.2 Å². The van der Waals surface area contributed by atoms with Gasteiger partial charge in [0.05, 0.1) is 14.2 Å². The Kier molecular flexibility index (Phi) is 4.83. The number of aromatic amines is 1. The summed E-state index contributed by atoms with van der Waals surface area (Å²) in [5, 5.41) is 2.78. The van der Waals surface area contributed by atoms with Gasteiger partial charge in [-0.1, -0.05) is 12.1 Å². The SMILES string of the molecule is COc1cccc(CNC(=O)c2cc(C(C)=O)c[nH]2)c1OC. The minimum absolute atomic E-state index is 0.0928. The predicted molar refractivity (Wildman–Crippen MR) is 81.5 cm³/mol. The highest BCUT2D eigenvalue weighted by Crippen LogP contribution is 2.30. The molecule has 0 aliphatic heterocycles. The zero-order valence-corrected chi connectivity index (χ0v) is 12.7. The summed E-state index contributed by atoms with van der Waals surface area (Å²) in [7, 11) is 3.11. The fourth-order valence-electron chi connectivity index (χ4n) is 2.09. The Morgan fingerprint density at radius 3 is 2.59 bits per heavy atom. The zero-order valence-electron chi connectivity index (χ0n) is 12.7. The summed E-state index contributed by atoms with van der Waals surface area (Å²) in [6.07, 6.45) is 1.52. The van der Waals surface area contributed by atoms with E-state index in [2.05, 4.69) is 10.3 Å². The third kappa shape index (κ3) is 3.28. The summed E-state index contributed by atoms with van der Waals surface area (Å²) in [6.45, 7) is 1.74. The molecule has 0 bridgehead atoms. The number of aromatic nitrogens is 1. The van der Waals surface area contributed by atoms with E-state index in [-0.39, 0.29) is 18.2 Å². The zero-order chi connectivity index (χ0) is 16.1. The molecule has 22 heavy (non-hydrogen) atoms. The molecule has 0 aliphatic carbocycles. The normalized spacial score (nSPS) is 10.1. The summed E-state index contributed by atoms with van der Waals surface area (Å²) in [5.74, 6) is 0.802. The van der Waals surface area contributed by atoms with Gasteiger partial charge in [0, 0.05) is 23.9 Å². The summed E-state index contributed by atoms with van der Waals surface area (Å²) in [5.41, 5.74) is 1.62. The number of rotatable bonds is 6. The fourth-order valence-corrected chi connectivity index (χ4v) is 2.09. The number of hydrogen-bond acceptors (Lipinski definition) is 4. The van der Waals surface area contributed by atoms with Crippen molar-refractivity contribution in [3.05, 3.63) is 47.3 Å². The molecule has 0 spiro atoms. The molecular weight excluding hydrogens is 284 g/mol. The van der Waals surface area contributed by atoms with Gasteiger partial charge in [-0.15, -0.1) is 0 Å². The minimum Gasteiger partial charge on any atom is -0.493 e. The largest absolute Gasteiger partial charge is 0.493 e. The van der Waals surface area contributed by atoms with Gasteiger partial charge in [-0.2, -0.15) is 0 Å². The van der Waals surface area contributed by atoms with Crippen LogP contribution >= 0.6 is 0 Å². The van der Waals surface area contributed by atoms with E-state index >= 15 is 0 Å². The summed E-state index contributed by atoms with van der Waals surface area (Å²) >= 11 is 0. The fraction of sp³-hybridized carbons (Fsp3) is 0.250. The van der Waals surface area contributed by atoms with Crippen LogP contribution in [0.15, 0.2) is 30.5 Å². The smallest absolute Gasteiger partial charge is 0.267 e. The number of ether oxygens (including phenoxy) is 2. The van der Waals surface area contributed by atoms with Crippen molar-refractivity contribution in [2.45, 2.75) is 13.5 Å². The number of Topliss-reactive ketones (excluding diaryl/α,β-unsaturated/α-hetero) is 1. The van der Waals surface area contributed by atoms with Gasteiger partial charge in [-0.05, 0) is 19.1 Å². The second-order valence-corrected chi connectivity index (χ2v) is 4.69. The number of ketones is 1. The molecule has 1 aromatic carbocycles. The third-order valence-corrected chi connectivity index (χ3v) is 3.26. The van der Waals surface area contributed by atoms with Crippen molar-refractivity contribution >= 4 is 11.7 Å². The van der Waals surface area contributed by atoms with Gasteiger partial charge in [0.15, 0.2) is 17.3 Å². The van der Waals surface area contributed by atoms with Gasteiger partial charge in [0.2, 0.25) is 0 Å². The van der Waals surface area contributed by atoms with Crippen LogP contribution in [0.5, 0.6) is 11.5 Å². The van der Waals surface area contributed by atoms with Gasteiger partial charge in [0.1, 0.15) is 5.69 Å². The van der Waals surface area contributed by atoms with Crippen LogP contribution in [0.4, 0.5) is 0 Å². The molecule has 116 valence electrons. The quantitative estimate of drug-likeness (QED) is 0.801. The van der Waals surface area contributed by atoms with Crippen LogP contribution in [0.2, 0.25) is 0 Å². The number of carbonyl (C=O) groups excluding carboxylic acids is 2. The van der Waals surface area contributed by atoms with Gasteiger partial charge in [-0.25, -0.2) is 0 Å². The summed E-state index contributed by atoms with van der Waals surface area (Å²) in [6, 6.07) is 6.98. The highest BCUT2D eigenvalue weighted by Gasteiger charge is 2.13. The number of amides is 1. The molecule has 0 atom stereocenters. The van der Waals surface area contributed by atoms with Gasteiger partial charge in [0.25, 0.3) is 5.91 Å². The van der Waals surface area contributed by atoms with Crippen molar-refractivity contribution < 1.29 is 19.1 Å². The molecule has 0 radical (unpaired) electrons. The Bertz CT molecular complexity index is 691. The van der Waals surface area contributed by atoms with E-state index in [4.69, 9.17) is 9.47 Å². The molecule has 0 saturated heterocycles. The van der Waals surface area contributed by atoms with Crippen LogP contribution < -0.4 is 14.8 Å². The van der Waals surface area contributed by atoms with Crippen molar-refractivity contribution in [3.8, 4) is 11.5 Å². The number of H-pyrrole nitrogens is 1. The lowest BCUT2D eigenvalue weighted by Gasteiger charge is -2.12. The van der Waals surface area contributed by atoms with Gasteiger partial charge < -0.3 is 19.8 Å². The molecule has 1 heterocycles. The average molecular weight is 302 g/mol. The first kappa shape index (κ1) is 15.6. The highest BCUT2D eigenvalue weighted by molar-refractivity contribution is 5.99. The van der Waals surface area contributed by atoms with E-state index in [0.29, 0.717) is 22.8 Å². The van der Waals surface area contributed by atoms with Crippen molar-refractivity contribution in [2.75, 3.05) is 14.2 Å². The van der Waals surface area contributed by atoms with E-state index in [0.717, 1.165) is 5.56 Å². The molecule has 1 aromatic heterocycles. The molecule has 1 amide bonds. The summed E-state index contributed by atoms with van der Waals surface area (Å²) < 4.78 is 10.5. The first-order chi connectivity index (χ1) is 10.6. The first-order valence-corrected chi connectivity index (χ1v) is 6.74. The van der Waals surface area contributed by atoms with Crippen LogP contribution in [0.3, 0.4) is 0 Å². The van der Waals surface area contributed by atoms with Crippen LogP contribution in [-0.4, -0.2) is 30.9 Å². The average Bonchev–Trinajstić information content (AvgIpc) is 3.02. The van der Waals surface area contributed by atoms with Crippen LogP contribution in [0.1, 0.15) is 33.3 Å². The van der Waals surface area contributed by atoms with E-state index in [9.17, 15) is 9.59 Å². The Balaban J connectivity index is 2.09. The number of hydrogen-bond donors (Lipinski definition) is 2. The number of benzene rings is 1. The number of methoxy groups -OCH3 is 2. The lowest BCUT2D eigenvalue weighted by atomic mass is 10.1. The third-order valence-electron chi connectivity index (χ3n) is 3.26. The molecule has 6 nitrogen and oxygen atoms in total. The molecule has 2 rings (SSSR count). The molecule has 0 unspecified atom stereocenters. The van der Waals surface area contributed by atoms with Gasteiger partial charge in [-0.3, -0.25) is 9.59 Å². The maximum absolute atomic E-state index is 12.1. The molecular formula is C16H18N2O4. The van der Waals surface area contributed by atoms with Crippen LogP contribution in [0.25, 0.3) is 0 Å². The lowest BCUT2D eigenvalue weighted by molar-refractivity contribution is 0.0946. The summed E-state index contributed by atoms with van der Waals surface area (Å²) in [4.78, 5) is 26.1. The Morgan fingerprint density at radius 1 is 1.23 bits per heavy atom. The minimum atomic E-state index is -0.294. The number of para-hydroxylation sites is 1. The standard InChI is InChI=1S/C16H18N2O4/c1-10(19)12-7-13(17-9-12)16(20)18-8-11-5-4-6-14(21-2)15(11)22-3/h4-7,9,17H,8H2,1-3H3,(H,18,20). The van der Waals surface area contributed by atoms with E-state index in [1.54, 1.807) is 20.3 Å². The number of nitrogens with one attached hydrogen (secondary N) is 2. The lowest BCUT2D eigenvalue weighted by Crippen LogP contribution is -2.23. The monoisotopic (exact) mass is 302 g/mol. The van der Waals surface area contributed by atoms with E-state index < -0.39 is 0 Å². The topological polar surface area (TPSA) is 80.4 Å². The molecule has 2 N–H and O–H groups in total. The second kappa shape index (κ2) is 6.80. The van der Waals surface area contributed by atoms with E-state index in [1.807, 2.05) is 12.1 Å². The Hall–Kier alpha value is -2.76. The number of carbonyl (C=O) groups is 2. The maximum atomic E-state index is 12.1. The van der Waals surface area contributed by atoms with Crippen molar-refractivity contribution in [1.82, 2.24) is 10.3 Å². The van der Waals surface area contributed by atoms with Crippen LogP contribution in [-0.2, 0) is 6.54 Å². The second-order valence-electron chi connectivity index (χ2n) is 4.69. The van der Waals surface area contributed by atoms with Crippen molar-refractivity contribution in [1.29, 1.82) is 0 Å². The molecule has 0 fully saturated rings. The molecule has 6 heteroatoms. The Morgan fingerprint density at radius 2 is 2.00 bits per heavy atom. The van der Waals surface area contributed by atoms with Crippen LogP contribution in [0, 0.1) is 0 Å². The van der Waals surface area contributed by atoms with Gasteiger partial charge >= 0.3 is 0 Å². The maximum Gasteiger partial charge on any atom is 0.267 e. The Labute approximate surface area is 128 Å². The molecule has 0 saturated carbocycles. The van der Waals surface area contributed by atoms with Crippen molar-refractivity contribution in [2.24, 2.45) is 0 Å². The highest BCUT2D eigenvalue weighted by atomic mass is 16.5. The predicted octanol–water partition coefficient (Wildman–Crippen LogP) is 2.16.